The average Bonchev–Trinajstić information content (AvgIpc) is 3.04. The van der Waals surface area contributed by atoms with Gasteiger partial charge in [0, 0.05) is 6.61 Å². The van der Waals surface area contributed by atoms with Gasteiger partial charge < -0.3 is 9.47 Å². The highest BCUT2D eigenvalue weighted by molar-refractivity contribution is 5.91. The third-order valence-corrected chi connectivity index (χ3v) is 8.40. The maximum absolute atomic E-state index is 12.8. The number of esters is 1. The quantitative estimate of drug-likeness (QED) is 0.0669. The zero-order valence-corrected chi connectivity index (χ0v) is 27.3. The van der Waals surface area contributed by atoms with E-state index in [-0.39, 0.29) is 12.1 Å². The highest BCUT2D eigenvalue weighted by atomic mass is 16.5. The summed E-state index contributed by atoms with van der Waals surface area (Å²) in [5.74, 6) is 0.205. The van der Waals surface area contributed by atoms with Crippen molar-refractivity contribution in [3.8, 4) is 16.9 Å². The molecule has 3 rings (SSSR count). The fourth-order valence-corrected chi connectivity index (χ4v) is 5.51. The topological polar surface area (TPSA) is 35.5 Å². The number of hydrogen-bond donors (Lipinski definition) is 0. The van der Waals surface area contributed by atoms with Crippen molar-refractivity contribution < 1.29 is 14.3 Å². The zero-order chi connectivity index (χ0) is 30.5. The monoisotopic (exact) mass is 584 g/mol. The Hall–Kier alpha value is -2.91. The fourth-order valence-electron chi connectivity index (χ4n) is 5.51. The molecule has 3 aromatic carbocycles. The number of aryl methyl sites for hydroxylation is 1. The van der Waals surface area contributed by atoms with Gasteiger partial charge in [-0.05, 0) is 72.7 Å². The summed E-state index contributed by atoms with van der Waals surface area (Å²) in [4.78, 5) is 12.8. The Morgan fingerprint density at radius 3 is 1.63 bits per heavy atom. The van der Waals surface area contributed by atoms with Crippen molar-refractivity contribution in [2.24, 2.45) is 0 Å². The second-order valence-corrected chi connectivity index (χ2v) is 12.1. The van der Waals surface area contributed by atoms with Gasteiger partial charge in [-0.25, -0.2) is 4.79 Å². The lowest BCUT2D eigenvalue weighted by atomic mass is 10.0. The molecule has 0 spiro atoms. The van der Waals surface area contributed by atoms with Crippen molar-refractivity contribution in [2.75, 3.05) is 6.61 Å². The van der Waals surface area contributed by atoms with Crippen molar-refractivity contribution in [1.82, 2.24) is 0 Å². The summed E-state index contributed by atoms with van der Waals surface area (Å²) in [7, 11) is 0. The number of benzene rings is 3. The van der Waals surface area contributed by atoms with Gasteiger partial charge in [0.25, 0.3) is 0 Å². The van der Waals surface area contributed by atoms with Crippen molar-refractivity contribution in [1.29, 1.82) is 0 Å². The first-order chi connectivity index (χ1) is 21.1. The van der Waals surface area contributed by atoms with Crippen molar-refractivity contribution in [2.45, 2.75) is 130 Å². The minimum Gasteiger partial charge on any atom is -0.423 e. The van der Waals surface area contributed by atoms with E-state index in [2.05, 4.69) is 45.0 Å². The van der Waals surface area contributed by atoms with E-state index in [9.17, 15) is 4.79 Å². The van der Waals surface area contributed by atoms with Crippen LogP contribution in [-0.4, -0.2) is 12.6 Å². The van der Waals surface area contributed by atoms with Crippen LogP contribution < -0.4 is 4.74 Å². The Labute approximate surface area is 262 Å². The van der Waals surface area contributed by atoms with E-state index in [1.54, 1.807) is 0 Å². The molecule has 3 nitrogen and oxygen atoms in total. The molecular weight excluding hydrogens is 528 g/mol. The van der Waals surface area contributed by atoms with Crippen LogP contribution >= 0.6 is 0 Å². The van der Waals surface area contributed by atoms with Crippen LogP contribution in [0.2, 0.25) is 0 Å². The summed E-state index contributed by atoms with van der Waals surface area (Å²) < 4.78 is 11.7. The highest BCUT2D eigenvalue weighted by Gasteiger charge is 2.11. The van der Waals surface area contributed by atoms with E-state index in [4.69, 9.17) is 9.47 Å². The molecule has 0 aliphatic heterocycles. The first-order valence-corrected chi connectivity index (χ1v) is 17.2. The molecule has 0 N–H and O–H groups in total. The highest BCUT2D eigenvalue weighted by Crippen LogP contribution is 2.25. The maximum atomic E-state index is 12.8. The standard InChI is InChI=1S/C40H56O3/c1-4-6-8-10-11-12-13-14-16-18-32-42-33(3)35-24-26-38(27-25-35)40(41)43-39-30-28-37(29-31-39)36-22-20-34(21-23-36)19-17-15-9-7-5-2/h20-31,33H,4-19,32H2,1-3H3. The van der Waals surface area contributed by atoms with Crippen molar-refractivity contribution in [3.63, 3.8) is 0 Å². The van der Waals surface area contributed by atoms with Crippen molar-refractivity contribution in [3.05, 3.63) is 89.5 Å². The summed E-state index contributed by atoms with van der Waals surface area (Å²) in [5.41, 5.74) is 5.31. The molecule has 234 valence electrons. The average molecular weight is 585 g/mol. The van der Waals surface area contributed by atoms with Gasteiger partial charge >= 0.3 is 5.97 Å². The number of unbranched alkanes of at least 4 members (excludes halogenated alkanes) is 13. The van der Waals surface area contributed by atoms with Gasteiger partial charge in [-0.1, -0.05) is 146 Å². The van der Waals surface area contributed by atoms with E-state index in [1.807, 2.05) is 48.5 Å². The lowest BCUT2D eigenvalue weighted by molar-refractivity contribution is 0.0626. The molecular formula is C40H56O3. The number of carbonyl (C=O) groups is 1. The van der Waals surface area contributed by atoms with Gasteiger partial charge in [0.05, 0.1) is 11.7 Å². The lowest BCUT2D eigenvalue weighted by Gasteiger charge is -2.14. The van der Waals surface area contributed by atoms with Gasteiger partial charge in [-0.3, -0.25) is 0 Å². The predicted octanol–water partition coefficient (Wildman–Crippen LogP) is 12.1. The zero-order valence-electron chi connectivity index (χ0n) is 27.3. The van der Waals surface area contributed by atoms with E-state index >= 15 is 0 Å². The van der Waals surface area contributed by atoms with Crippen LogP contribution in [0, 0.1) is 0 Å². The Kier molecular flexibility index (Phi) is 16.8. The van der Waals surface area contributed by atoms with E-state index in [0.717, 1.165) is 30.6 Å². The molecule has 0 radical (unpaired) electrons. The molecule has 43 heavy (non-hydrogen) atoms. The maximum Gasteiger partial charge on any atom is 0.343 e. The summed E-state index contributed by atoms with van der Waals surface area (Å²) >= 11 is 0. The predicted molar refractivity (Wildman–Crippen MR) is 182 cm³/mol. The molecule has 0 saturated heterocycles. The number of carbonyl (C=O) groups excluding carboxylic acids is 1. The Bertz CT molecular complexity index is 1130. The van der Waals surface area contributed by atoms with Gasteiger partial charge in [-0.15, -0.1) is 0 Å². The fraction of sp³-hybridized carbons (Fsp3) is 0.525. The summed E-state index contributed by atoms with van der Waals surface area (Å²) in [5, 5.41) is 0. The Morgan fingerprint density at radius 2 is 1.07 bits per heavy atom. The second-order valence-electron chi connectivity index (χ2n) is 12.1. The summed E-state index contributed by atoms with van der Waals surface area (Å²) in [6.07, 6.45) is 20.9. The molecule has 0 heterocycles. The molecule has 0 bridgehead atoms. The smallest absolute Gasteiger partial charge is 0.343 e. The molecule has 0 saturated carbocycles. The van der Waals surface area contributed by atoms with Gasteiger partial charge in [0.1, 0.15) is 5.75 Å². The first kappa shape index (κ1) is 34.6. The second kappa shape index (κ2) is 20.9. The molecule has 0 aliphatic rings. The number of ether oxygens (including phenoxy) is 2. The molecule has 0 aliphatic carbocycles. The molecule has 3 heteroatoms. The molecule has 3 aromatic rings. The summed E-state index contributed by atoms with van der Waals surface area (Å²) in [6, 6.07) is 24.2. The number of rotatable bonds is 22. The minimum atomic E-state index is -0.346. The van der Waals surface area contributed by atoms with Crippen molar-refractivity contribution >= 4 is 5.97 Å². The SMILES string of the molecule is CCCCCCCCCCCCOC(C)c1ccc(C(=O)Oc2ccc(-c3ccc(CCCCCCC)cc3)cc2)cc1. The third kappa shape index (κ3) is 13.5. The van der Waals surface area contributed by atoms with E-state index < -0.39 is 0 Å². The normalized spacial score (nSPS) is 11.9. The first-order valence-electron chi connectivity index (χ1n) is 17.2. The lowest BCUT2D eigenvalue weighted by Crippen LogP contribution is -2.09. The van der Waals surface area contributed by atoms with E-state index in [1.165, 1.54) is 101 Å². The molecule has 0 amide bonds. The van der Waals surface area contributed by atoms with Crippen LogP contribution in [-0.2, 0) is 11.2 Å². The van der Waals surface area contributed by atoms with Crippen LogP contribution in [0.1, 0.15) is 145 Å². The third-order valence-electron chi connectivity index (χ3n) is 8.40. The Balaban J connectivity index is 1.35. The van der Waals surface area contributed by atoms with Crippen LogP contribution in [0.15, 0.2) is 72.8 Å². The molecule has 1 unspecified atom stereocenters. The number of hydrogen-bond acceptors (Lipinski definition) is 3. The van der Waals surface area contributed by atoms with Crippen LogP contribution in [0.25, 0.3) is 11.1 Å². The Morgan fingerprint density at radius 1 is 0.581 bits per heavy atom. The van der Waals surface area contributed by atoms with Crippen LogP contribution in [0.3, 0.4) is 0 Å². The summed E-state index contributed by atoms with van der Waals surface area (Å²) in [6.45, 7) is 7.38. The van der Waals surface area contributed by atoms with Crippen LogP contribution in [0.5, 0.6) is 5.75 Å². The largest absolute Gasteiger partial charge is 0.423 e. The van der Waals surface area contributed by atoms with Crippen LogP contribution in [0.4, 0.5) is 0 Å². The minimum absolute atomic E-state index is 0.0102. The molecule has 0 fully saturated rings. The van der Waals surface area contributed by atoms with Gasteiger partial charge in [0.15, 0.2) is 0 Å². The van der Waals surface area contributed by atoms with Gasteiger partial charge in [0.2, 0.25) is 0 Å². The van der Waals surface area contributed by atoms with E-state index in [0.29, 0.717) is 11.3 Å². The molecule has 0 aromatic heterocycles. The molecule has 1 atom stereocenters. The van der Waals surface area contributed by atoms with Gasteiger partial charge in [-0.2, -0.15) is 0 Å².